The highest BCUT2D eigenvalue weighted by Crippen LogP contribution is 2.19. The highest BCUT2D eigenvalue weighted by Gasteiger charge is 2.38. The Morgan fingerprint density at radius 2 is 1.80 bits per heavy atom. The minimum absolute atomic E-state index is 0.314. The number of aliphatic hydroxyl groups excluding tert-OH is 1. The SMILES string of the molecule is CSCCC(N)C(=O)N1CCCC1C(=O)NC(C(=O)NC(C(=O)O)C(C)C)C(C)O. The average Bonchev–Trinajstić information content (AvgIpc) is 3.16. The number of aliphatic carboxylic acids is 1. The van der Waals surface area contributed by atoms with Gasteiger partial charge >= 0.3 is 5.97 Å². The molecule has 0 aliphatic carbocycles. The Balaban J connectivity index is 2.85. The molecule has 1 rings (SSSR count). The van der Waals surface area contributed by atoms with E-state index in [4.69, 9.17) is 5.73 Å². The molecule has 5 unspecified atom stereocenters. The van der Waals surface area contributed by atoms with Crippen LogP contribution in [-0.2, 0) is 19.2 Å². The van der Waals surface area contributed by atoms with E-state index >= 15 is 0 Å². The van der Waals surface area contributed by atoms with E-state index in [9.17, 15) is 29.4 Å². The number of aliphatic hydroxyl groups is 1. The number of carboxylic acid groups (broad SMARTS) is 1. The van der Waals surface area contributed by atoms with E-state index in [2.05, 4.69) is 10.6 Å². The van der Waals surface area contributed by atoms with Crippen molar-refractivity contribution in [3.63, 3.8) is 0 Å². The van der Waals surface area contributed by atoms with Crippen molar-refractivity contribution in [1.29, 1.82) is 0 Å². The fourth-order valence-corrected chi connectivity index (χ4v) is 3.79. The first-order valence-corrected chi connectivity index (χ1v) is 11.5. The van der Waals surface area contributed by atoms with E-state index in [1.165, 1.54) is 11.8 Å². The normalized spacial score (nSPS) is 20.4. The van der Waals surface area contributed by atoms with Crippen molar-refractivity contribution in [2.24, 2.45) is 11.7 Å². The lowest BCUT2D eigenvalue weighted by Crippen LogP contribution is -2.60. The minimum atomic E-state index is -1.35. The van der Waals surface area contributed by atoms with E-state index < -0.39 is 48.1 Å². The van der Waals surface area contributed by atoms with Crippen LogP contribution in [0.4, 0.5) is 0 Å². The summed E-state index contributed by atoms with van der Waals surface area (Å²) in [5, 5.41) is 24.1. The summed E-state index contributed by atoms with van der Waals surface area (Å²) in [6.45, 7) is 4.99. The lowest BCUT2D eigenvalue weighted by molar-refractivity contribution is -0.145. The summed E-state index contributed by atoms with van der Waals surface area (Å²) >= 11 is 1.58. The molecule has 30 heavy (non-hydrogen) atoms. The van der Waals surface area contributed by atoms with Gasteiger partial charge in [0.1, 0.15) is 18.1 Å². The average molecular weight is 447 g/mol. The Bertz CT molecular complexity index is 630. The number of rotatable bonds is 11. The second kappa shape index (κ2) is 12.1. The van der Waals surface area contributed by atoms with Crippen LogP contribution in [-0.4, -0.2) is 87.6 Å². The zero-order valence-corrected chi connectivity index (χ0v) is 18.8. The van der Waals surface area contributed by atoms with E-state index in [-0.39, 0.29) is 11.8 Å². The van der Waals surface area contributed by atoms with Crippen LogP contribution < -0.4 is 16.4 Å². The summed E-state index contributed by atoms with van der Waals surface area (Å²) in [7, 11) is 0. The van der Waals surface area contributed by atoms with Crippen molar-refractivity contribution in [2.45, 2.75) is 70.3 Å². The van der Waals surface area contributed by atoms with Crippen molar-refractivity contribution in [3.8, 4) is 0 Å². The number of thioether (sulfide) groups is 1. The Hall–Kier alpha value is -1.85. The summed E-state index contributed by atoms with van der Waals surface area (Å²) in [5.41, 5.74) is 5.96. The summed E-state index contributed by atoms with van der Waals surface area (Å²) in [4.78, 5) is 50.7. The van der Waals surface area contributed by atoms with Gasteiger partial charge in [-0.15, -0.1) is 0 Å². The highest BCUT2D eigenvalue weighted by atomic mass is 32.2. The van der Waals surface area contributed by atoms with Gasteiger partial charge in [-0.25, -0.2) is 4.79 Å². The number of hydrogen-bond donors (Lipinski definition) is 5. The van der Waals surface area contributed by atoms with Crippen LogP contribution in [0.2, 0.25) is 0 Å². The fraction of sp³-hybridized carbons (Fsp3) is 0.789. The molecule has 1 saturated heterocycles. The van der Waals surface area contributed by atoms with Crippen LogP contribution in [0.3, 0.4) is 0 Å². The van der Waals surface area contributed by atoms with Crippen molar-refractivity contribution < 1.29 is 29.4 Å². The molecule has 10 nitrogen and oxygen atoms in total. The molecule has 0 spiro atoms. The molecule has 1 aliphatic heterocycles. The van der Waals surface area contributed by atoms with E-state index in [1.54, 1.807) is 25.6 Å². The van der Waals surface area contributed by atoms with Gasteiger partial charge in [-0.05, 0) is 44.1 Å². The molecular formula is C19H34N4O6S. The molecule has 3 amide bonds. The Labute approximate surface area is 181 Å². The number of nitrogens with two attached hydrogens (primary N) is 1. The summed E-state index contributed by atoms with van der Waals surface area (Å²) in [6, 6.07) is -3.99. The van der Waals surface area contributed by atoms with Crippen molar-refractivity contribution >= 4 is 35.5 Å². The summed E-state index contributed by atoms with van der Waals surface area (Å²) in [6.07, 6.45) is 2.20. The third kappa shape index (κ3) is 7.13. The van der Waals surface area contributed by atoms with Crippen LogP contribution in [0.5, 0.6) is 0 Å². The van der Waals surface area contributed by atoms with Crippen LogP contribution in [0, 0.1) is 5.92 Å². The third-order valence-corrected chi connectivity index (χ3v) is 5.73. The second-order valence-electron chi connectivity index (χ2n) is 7.87. The maximum atomic E-state index is 12.8. The Morgan fingerprint density at radius 1 is 1.17 bits per heavy atom. The molecule has 0 aromatic rings. The molecule has 0 saturated carbocycles. The van der Waals surface area contributed by atoms with Gasteiger partial charge in [-0.1, -0.05) is 13.8 Å². The first-order valence-electron chi connectivity index (χ1n) is 10.1. The minimum Gasteiger partial charge on any atom is -0.480 e. The molecule has 1 heterocycles. The van der Waals surface area contributed by atoms with Crippen LogP contribution in [0.1, 0.15) is 40.0 Å². The number of nitrogens with one attached hydrogen (secondary N) is 2. The molecule has 1 aliphatic rings. The van der Waals surface area contributed by atoms with E-state index in [1.807, 2.05) is 6.26 Å². The summed E-state index contributed by atoms with van der Waals surface area (Å²) < 4.78 is 0. The quantitative estimate of drug-likeness (QED) is 0.274. The van der Waals surface area contributed by atoms with Gasteiger partial charge in [0.05, 0.1) is 12.1 Å². The Morgan fingerprint density at radius 3 is 2.30 bits per heavy atom. The summed E-state index contributed by atoms with van der Waals surface area (Å²) in [5.74, 6) is -2.56. The number of nitrogens with zero attached hydrogens (tertiary/aromatic N) is 1. The third-order valence-electron chi connectivity index (χ3n) is 5.08. The molecule has 0 radical (unpaired) electrons. The van der Waals surface area contributed by atoms with Crippen molar-refractivity contribution in [1.82, 2.24) is 15.5 Å². The highest BCUT2D eigenvalue weighted by molar-refractivity contribution is 7.98. The van der Waals surface area contributed by atoms with E-state index in [0.717, 1.165) is 5.75 Å². The number of carboxylic acids is 1. The molecule has 0 bridgehead atoms. The molecule has 5 atom stereocenters. The standard InChI is InChI=1S/C19H34N4O6S/c1-10(2)14(19(28)29)21-17(26)15(11(3)24)22-16(25)13-6-5-8-23(13)18(27)12(20)7-9-30-4/h10-15,24H,5-9,20H2,1-4H3,(H,21,26)(H,22,25)(H,28,29). The Kier molecular flexibility index (Phi) is 10.6. The van der Waals surface area contributed by atoms with Crippen LogP contribution in [0.15, 0.2) is 0 Å². The number of hydrogen-bond acceptors (Lipinski definition) is 7. The lowest BCUT2D eigenvalue weighted by atomic mass is 10.0. The fourth-order valence-electron chi connectivity index (χ4n) is 3.30. The topological polar surface area (TPSA) is 162 Å². The molecule has 1 fully saturated rings. The van der Waals surface area contributed by atoms with Gasteiger partial charge in [0, 0.05) is 6.54 Å². The smallest absolute Gasteiger partial charge is 0.326 e. The largest absolute Gasteiger partial charge is 0.480 e. The second-order valence-corrected chi connectivity index (χ2v) is 8.86. The zero-order chi connectivity index (χ0) is 23.0. The first kappa shape index (κ1) is 26.2. The van der Waals surface area contributed by atoms with Gasteiger partial charge in [0.15, 0.2) is 0 Å². The van der Waals surface area contributed by atoms with Gasteiger partial charge in [0.2, 0.25) is 17.7 Å². The van der Waals surface area contributed by atoms with Crippen LogP contribution in [0.25, 0.3) is 0 Å². The molecule has 0 aromatic heterocycles. The maximum Gasteiger partial charge on any atom is 0.326 e. The van der Waals surface area contributed by atoms with Gasteiger partial charge in [-0.2, -0.15) is 11.8 Å². The number of carbonyl (C=O) groups excluding carboxylic acids is 3. The maximum absolute atomic E-state index is 12.8. The number of likely N-dealkylation sites (tertiary alicyclic amines) is 1. The monoisotopic (exact) mass is 446 g/mol. The van der Waals surface area contributed by atoms with E-state index in [0.29, 0.717) is 25.8 Å². The molecular weight excluding hydrogens is 412 g/mol. The first-order chi connectivity index (χ1) is 14.0. The number of carbonyl (C=O) groups is 4. The van der Waals surface area contributed by atoms with Gasteiger partial charge < -0.3 is 31.5 Å². The molecule has 11 heteroatoms. The number of amides is 3. The molecule has 6 N–H and O–H groups in total. The predicted octanol–water partition coefficient (Wildman–Crippen LogP) is -0.851. The lowest BCUT2D eigenvalue weighted by Gasteiger charge is -2.29. The molecule has 172 valence electrons. The van der Waals surface area contributed by atoms with Gasteiger partial charge in [0.25, 0.3) is 0 Å². The zero-order valence-electron chi connectivity index (χ0n) is 18.0. The van der Waals surface area contributed by atoms with Gasteiger partial charge in [-0.3, -0.25) is 14.4 Å². The predicted molar refractivity (Wildman–Crippen MR) is 114 cm³/mol. The van der Waals surface area contributed by atoms with Crippen molar-refractivity contribution in [2.75, 3.05) is 18.6 Å². The van der Waals surface area contributed by atoms with Crippen LogP contribution >= 0.6 is 11.8 Å². The van der Waals surface area contributed by atoms with Crippen molar-refractivity contribution in [3.05, 3.63) is 0 Å². The molecule has 0 aromatic carbocycles.